The number of halogens is 3. The zero-order valence-electron chi connectivity index (χ0n) is 10.0. The van der Waals surface area contributed by atoms with Crippen molar-refractivity contribution in [2.75, 3.05) is 11.9 Å². The zero-order valence-corrected chi connectivity index (χ0v) is 11.5. The van der Waals surface area contributed by atoms with Crippen LogP contribution in [0.2, 0.25) is 10.0 Å². The van der Waals surface area contributed by atoms with Crippen molar-refractivity contribution in [3.05, 3.63) is 28.0 Å². The number of nitrogens with one attached hydrogen (secondary N) is 1. The summed E-state index contributed by atoms with van der Waals surface area (Å²) in [6.45, 7) is 3.01. The second kappa shape index (κ2) is 7.78. The first kappa shape index (κ1) is 14.6. The Balaban J connectivity index is 2.36. The van der Waals surface area contributed by atoms with Gasteiger partial charge >= 0.3 is 0 Å². The van der Waals surface area contributed by atoms with Crippen LogP contribution in [0.5, 0.6) is 0 Å². The molecule has 0 aliphatic heterocycles. The third-order valence-corrected chi connectivity index (χ3v) is 3.19. The summed E-state index contributed by atoms with van der Waals surface area (Å²) in [6, 6.07) is 2.54. The van der Waals surface area contributed by atoms with E-state index >= 15 is 0 Å². The molecule has 0 aliphatic carbocycles. The van der Waals surface area contributed by atoms with Crippen LogP contribution in [-0.2, 0) is 0 Å². The van der Waals surface area contributed by atoms with Crippen molar-refractivity contribution in [2.45, 2.75) is 39.0 Å². The molecule has 96 valence electrons. The van der Waals surface area contributed by atoms with E-state index in [2.05, 4.69) is 12.2 Å². The average Bonchev–Trinajstić information content (AvgIpc) is 2.26. The standard InChI is InChI=1S/C13H18Cl2FN/c1-2-3-4-5-6-7-17-13-11(14)8-10(16)9-12(13)15/h8-9,17H,2-7H2,1H3. The molecule has 0 heterocycles. The highest BCUT2D eigenvalue weighted by atomic mass is 35.5. The summed E-state index contributed by atoms with van der Waals surface area (Å²) in [5, 5.41) is 3.83. The van der Waals surface area contributed by atoms with E-state index in [4.69, 9.17) is 23.2 Å². The van der Waals surface area contributed by atoms with Crippen LogP contribution in [0.25, 0.3) is 0 Å². The van der Waals surface area contributed by atoms with Gasteiger partial charge in [0.15, 0.2) is 0 Å². The smallest absolute Gasteiger partial charge is 0.126 e. The summed E-state index contributed by atoms with van der Waals surface area (Å²) in [5.41, 5.74) is 0.630. The SMILES string of the molecule is CCCCCCCNc1c(Cl)cc(F)cc1Cl. The second-order valence-electron chi connectivity index (χ2n) is 4.09. The summed E-state index contributed by atoms with van der Waals surface area (Å²) in [4.78, 5) is 0. The number of rotatable bonds is 7. The fraction of sp³-hybridized carbons (Fsp3) is 0.538. The molecule has 1 aromatic rings. The Morgan fingerprint density at radius 1 is 1.06 bits per heavy atom. The molecule has 0 unspecified atom stereocenters. The summed E-state index contributed by atoms with van der Waals surface area (Å²) >= 11 is 11.8. The highest BCUT2D eigenvalue weighted by Crippen LogP contribution is 2.31. The fourth-order valence-corrected chi connectivity index (χ4v) is 2.25. The van der Waals surface area contributed by atoms with E-state index in [-0.39, 0.29) is 0 Å². The second-order valence-corrected chi connectivity index (χ2v) is 4.90. The van der Waals surface area contributed by atoms with Gasteiger partial charge in [0.2, 0.25) is 0 Å². The van der Waals surface area contributed by atoms with Gasteiger partial charge in [-0.25, -0.2) is 4.39 Å². The lowest BCUT2D eigenvalue weighted by Crippen LogP contribution is -2.03. The predicted octanol–water partition coefficient (Wildman–Crippen LogP) is 5.51. The molecule has 0 radical (unpaired) electrons. The maximum absolute atomic E-state index is 12.9. The topological polar surface area (TPSA) is 12.0 Å². The Morgan fingerprint density at radius 2 is 1.65 bits per heavy atom. The first-order valence-corrected chi connectivity index (χ1v) is 6.79. The van der Waals surface area contributed by atoms with E-state index in [1.54, 1.807) is 0 Å². The van der Waals surface area contributed by atoms with Gasteiger partial charge in [0, 0.05) is 6.54 Å². The van der Waals surface area contributed by atoms with Crippen molar-refractivity contribution < 1.29 is 4.39 Å². The van der Waals surface area contributed by atoms with Crippen molar-refractivity contribution in [2.24, 2.45) is 0 Å². The van der Waals surface area contributed by atoms with Gasteiger partial charge in [-0.15, -0.1) is 0 Å². The van der Waals surface area contributed by atoms with Crippen LogP contribution in [-0.4, -0.2) is 6.54 Å². The molecule has 1 N–H and O–H groups in total. The molecule has 0 saturated heterocycles. The zero-order chi connectivity index (χ0) is 12.7. The molecule has 0 saturated carbocycles. The lowest BCUT2D eigenvalue weighted by Gasteiger charge is -2.10. The number of unbranched alkanes of at least 4 members (excludes halogenated alkanes) is 4. The molecule has 17 heavy (non-hydrogen) atoms. The van der Waals surface area contributed by atoms with Crippen LogP contribution >= 0.6 is 23.2 Å². The van der Waals surface area contributed by atoms with Crippen molar-refractivity contribution in [1.29, 1.82) is 0 Å². The van der Waals surface area contributed by atoms with Gasteiger partial charge in [-0.2, -0.15) is 0 Å². The summed E-state index contributed by atoms with van der Waals surface area (Å²) in [6.07, 6.45) is 6.03. The van der Waals surface area contributed by atoms with Crippen molar-refractivity contribution in [3.63, 3.8) is 0 Å². The summed E-state index contributed by atoms with van der Waals surface area (Å²) in [5.74, 6) is -0.409. The Hall–Kier alpha value is -0.470. The van der Waals surface area contributed by atoms with E-state index in [9.17, 15) is 4.39 Å². The van der Waals surface area contributed by atoms with Crippen LogP contribution in [0.15, 0.2) is 12.1 Å². The largest absolute Gasteiger partial charge is 0.383 e. The molecule has 0 spiro atoms. The van der Waals surface area contributed by atoms with Crippen LogP contribution in [0.3, 0.4) is 0 Å². The van der Waals surface area contributed by atoms with Gasteiger partial charge in [-0.3, -0.25) is 0 Å². The molecule has 0 fully saturated rings. The highest BCUT2D eigenvalue weighted by Gasteiger charge is 2.07. The van der Waals surface area contributed by atoms with Crippen molar-refractivity contribution in [3.8, 4) is 0 Å². The molecule has 1 rings (SSSR count). The van der Waals surface area contributed by atoms with E-state index in [1.165, 1.54) is 37.8 Å². The quantitative estimate of drug-likeness (QED) is 0.648. The first-order valence-electron chi connectivity index (χ1n) is 6.03. The van der Waals surface area contributed by atoms with Crippen molar-refractivity contribution in [1.82, 2.24) is 0 Å². The summed E-state index contributed by atoms with van der Waals surface area (Å²) in [7, 11) is 0. The lowest BCUT2D eigenvalue weighted by molar-refractivity contribution is 0.628. The minimum Gasteiger partial charge on any atom is -0.383 e. The number of hydrogen-bond acceptors (Lipinski definition) is 1. The Bertz CT molecular complexity index is 332. The molecular formula is C13H18Cl2FN. The van der Waals surface area contributed by atoms with Crippen LogP contribution in [0, 0.1) is 5.82 Å². The predicted molar refractivity (Wildman–Crippen MR) is 73.7 cm³/mol. The van der Waals surface area contributed by atoms with Gasteiger partial charge in [-0.1, -0.05) is 55.8 Å². The van der Waals surface area contributed by atoms with Crippen LogP contribution in [0.1, 0.15) is 39.0 Å². The van der Waals surface area contributed by atoms with Gasteiger partial charge < -0.3 is 5.32 Å². The Kier molecular flexibility index (Phi) is 6.68. The molecular weight excluding hydrogens is 260 g/mol. The molecule has 0 bridgehead atoms. The van der Waals surface area contributed by atoms with E-state index in [0.717, 1.165) is 13.0 Å². The fourth-order valence-electron chi connectivity index (χ4n) is 1.65. The normalized spacial score (nSPS) is 10.6. The Labute approximate surface area is 112 Å². The molecule has 1 aromatic carbocycles. The Morgan fingerprint density at radius 3 is 2.24 bits per heavy atom. The summed E-state index contributed by atoms with van der Waals surface area (Å²) < 4.78 is 12.9. The molecule has 1 nitrogen and oxygen atoms in total. The third kappa shape index (κ3) is 5.13. The lowest BCUT2D eigenvalue weighted by atomic mass is 10.1. The molecule has 0 amide bonds. The van der Waals surface area contributed by atoms with Gasteiger partial charge in [0.25, 0.3) is 0 Å². The number of anilines is 1. The van der Waals surface area contributed by atoms with E-state index in [1.807, 2.05) is 0 Å². The minimum atomic E-state index is -0.409. The average molecular weight is 278 g/mol. The van der Waals surface area contributed by atoms with Crippen LogP contribution < -0.4 is 5.32 Å². The van der Waals surface area contributed by atoms with Gasteiger partial charge in [0.1, 0.15) is 5.82 Å². The first-order chi connectivity index (χ1) is 8.15. The molecule has 4 heteroatoms. The van der Waals surface area contributed by atoms with E-state index < -0.39 is 5.82 Å². The van der Waals surface area contributed by atoms with Gasteiger partial charge in [-0.05, 0) is 18.6 Å². The van der Waals surface area contributed by atoms with Crippen molar-refractivity contribution >= 4 is 28.9 Å². The molecule has 0 atom stereocenters. The number of benzene rings is 1. The minimum absolute atomic E-state index is 0.337. The maximum atomic E-state index is 12.9. The van der Waals surface area contributed by atoms with Crippen LogP contribution in [0.4, 0.5) is 10.1 Å². The molecule has 0 aliphatic rings. The highest BCUT2D eigenvalue weighted by molar-refractivity contribution is 6.39. The van der Waals surface area contributed by atoms with Gasteiger partial charge in [0.05, 0.1) is 15.7 Å². The monoisotopic (exact) mass is 277 g/mol. The molecule has 0 aromatic heterocycles. The number of hydrogen-bond donors (Lipinski definition) is 1. The van der Waals surface area contributed by atoms with E-state index in [0.29, 0.717) is 15.7 Å². The maximum Gasteiger partial charge on any atom is 0.126 e. The third-order valence-electron chi connectivity index (χ3n) is 2.59.